The van der Waals surface area contributed by atoms with E-state index >= 15 is 0 Å². The Labute approximate surface area is 236 Å². The molecule has 1 aliphatic heterocycles. The third kappa shape index (κ3) is 6.09. The topological polar surface area (TPSA) is 77.6 Å². The van der Waals surface area contributed by atoms with Gasteiger partial charge in [-0.1, -0.05) is 90.6 Å². The minimum atomic E-state index is -0.480. The standard InChI is InChI=1S/C32H30N2O3S2/c33-18-22-4-3-5-26(16-22)23-12-14-25(15-13-23)31-36-27(17-29(37-31)24-10-8-21(19-35)9-11-24)20-38-32-34-28-6-1-2-7-30(28)39-32/h1-16,27,29,31,35H,17-20,33H2/t27-,29+,31+/m0/s1. The molecule has 0 radical (unpaired) electrons. The molecule has 0 aliphatic carbocycles. The van der Waals surface area contributed by atoms with Crippen molar-refractivity contribution in [2.24, 2.45) is 5.73 Å². The van der Waals surface area contributed by atoms with Crippen LogP contribution in [0.1, 0.15) is 41.1 Å². The molecule has 3 atom stereocenters. The molecule has 198 valence electrons. The van der Waals surface area contributed by atoms with Gasteiger partial charge in [-0.25, -0.2) is 4.98 Å². The van der Waals surface area contributed by atoms with Crippen molar-refractivity contribution < 1.29 is 14.6 Å². The number of aromatic nitrogens is 1. The van der Waals surface area contributed by atoms with E-state index in [4.69, 9.17) is 20.2 Å². The van der Waals surface area contributed by atoms with Crippen LogP contribution in [-0.4, -0.2) is 21.9 Å². The molecule has 6 rings (SSSR count). The van der Waals surface area contributed by atoms with Gasteiger partial charge in [-0.2, -0.15) is 0 Å². The second-order valence-electron chi connectivity index (χ2n) is 9.64. The normalized spacial score (nSPS) is 19.4. The van der Waals surface area contributed by atoms with Crippen molar-refractivity contribution >= 4 is 33.3 Å². The molecule has 7 heteroatoms. The molecule has 5 aromatic rings. The summed E-state index contributed by atoms with van der Waals surface area (Å²) in [5, 5.41) is 9.47. The van der Waals surface area contributed by atoms with Crippen molar-refractivity contribution in [2.75, 3.05) is 5.75 Å². The number of thioether (sulfide) groups is 1. The number of ether oxygens (including phenoxy) is 2. The molecule has 3 N–H and O–H groups in total. The van der Waals surface area contributed by atoms with Crippen molar-refractivity contribution in [2.45, 2.75) is 42.4 Å². The molecule has 2 heterocycles. The Morgan fingerprint density at radius 2 is 1.64 bits per heavy atom. The highest BCUT2D eigenvalue weighted by Crippen LogP contribution is 2.40. The van der Waals surface area contributed by atoms with Crippen molar-refractivity contribution in [1.82, 2.24) is 4.98 Å². The zero-order valence-electron chi connectivity index (χ0n) is 21.4. The second-order valence-corrected chi connectivity index (χ2v) is 11.9. The third-order valence-electron chi connectivity index (χ3n) is 6.96. The van der Waals surface area contributed by atoms with E-state index in [1.807, 2.05) is 48.5 Å². The van der Waals surface area contributed by atoms with Crippen molar-refractivity contribution in [1.29, 1.82) is 0 Å². The van der Waals surface area contributed by atoms with Crippen LogP contribution in [0, 0.1) is 0 Å². The number of hydrogen-bond donors (Lipinski definition) is 2. The van der Waals surface area contributed by atoms with Gasteiger partial charge in [0.05, 0.1) is 29.0 Å². The maximum Gasteiger partial charge on any atom is 0.184 e. The lowest BCUT2D eigenvalue weighted by Crippen LogP contribution is -2.31. The average molecular weight is 555 g/mol. The molecular weight excluding hydrogens is 524 g/mol. The monoisotopic (exact) mass is 554 g/mol. The number of nitrogens with zero attached hydrogens (tertiary/aromatic N) is 1. The number of thiazole rings is 1. The lowest BCUT2D eigenvalue weighted by Gasteiger charge is -2.36. The van der Waals surface area contributed by atoms with Gasteiger partial charge in [0.1, 0.15) is 0 Å². The van der Waals surface area contributed by atoms with E-state index in [0.717, 1.165) is 55.4 Å². The molecule has 0 bridgehead atoms. The molecular formula is C32H30N2O3S2. The highest BCUT2D eigenvalue weighted by atomic mass is 32.2. The lowest BCUT2D eigenvalue weighted by atomic mass is 9.99. The Bertz CT molecular complexity index is 1500. The summed E-state index contributed by atoms with van der Waals surface area (Å²) in [6.45, 7) is 0.548. The highest BCUT2D eigenvalue weighted by Gasteiger charge is 2.32. The fourth-order valence-electron chi connectivity index (χ4n) is 4.81. The van der Waals surface area contributed by atoms with E-state index in [-0.39, 0.29) is 18.8 Å². The molecule has 1 saturated heterocycles. The molecule has 4 aromatic carbocycles. The quantitative estimate of drug-likeness (QED) is 0.197. The van der Waals surface area contributed by atoms with Crippen LogP contribution in [0.15, 0.2) is 101 Å². The Morgan fingerprint density at radius 3 is 2.41 bits per heavy atom. The van der Waals surface area contributed by atoms with Gasteiger partial charge in [-0.15, -0.1) is 11.3 Å². The number of aliphatic hydroxyl groups is 1. The zero-order chi connectivity index (χ0) is 26.6. The molecule has 0 amide bonds. The van der Waals surface area contributed by atoms with E-state index < -0.39 is 6.29 Å². The van der Waals surface area contributed by atoms with Crippen molar-refractivity contribution in [3.05, 3.63) is 119 Å². The van der Waals surface area contributed by atoms with Crippen LogP contribution < -0.4 is 5.73 Å². The number of benzene rings is 4. The Morgan fingerprint density at radius 1 is 0.846 bits per heavy atom. The predicted octanol–water partition coefficient (Wildman–Crippen LogP) is 7.25. The molecule has 39 heavy (non-hydrogen) atoms. The largest absolute Gasteiger partial charge is 0.392 e. The summed E-state index contributed by atoms with van der Waals surface area (Å²) >= 11 is 3.46. The molecule has 0 saturated carbocycles. The number of fused-ring (bicyclic) bond motifs is 1. The van der Waals surface area contributed by atoms with Gasteiger partial charge in [-0.05, 0) is 46.0 Å². The van der Waals surface area contributed by atoms with Crippen LogP contribution in [-0.2, 0) is 22.6 Å². The molecule has 1 fully saturated rings. The van der Waals surface area contributed by atoms with Gasteiger partial charge in [-0.3, -0.25) is 0 Å². The summed E-state index contributed by atoms with van der Waals surface area (Å²) in [7, 11) is 0. The first-order chi connectivity index (χ1) is 19.2. The summed E-state index contributed by atoms with van der Waals surface area (Å²) in [6, 6.07) is 33.0. The first-order valence-corrected chi connectivity index (χ1v) is 14.9. The predicted molar refractivity (Wildman–Crippen MR) is 159 cm³/mol. The summed E-state index contributed by atoms with van der Waals surface area (Å²) < 4.78 is 15.3. The zero-order valence-corrected chi connectivity index (χ0v) is 23.0. The maximum atomic E-state index is 9.47. The first kappa shape index (κ1) is 26.2. The summed E-state index contributed by atoms with van der Waals surface area (Å²) in [5.41, 5.74) is 13.2. The number of nitrogens with two attached hydrogens (primary N) is 1. The second kappa shape index (κ2) is 12.0. The molecule has 1 aliphatic rings. The SMILES string of the molecule is NCc1cccc(-c2ccc([C@@H]3O[C@H](CSc4nc5ccccc5s4)C[C@H](c4ccc(CO)cc4)O3)cc2)c1. The van der Waals surface area contributed by atoms with Crippen LogP contribution in [0.4, 0.5) is 0 Å². The molecule has 5 nitrogen and oxygen atoms in total. The van der Waals surface area contributed by atoms with Crippen molar-refractivity contribution in [3.63, 3.8) is 0 Å². The Kier molecular flexibility index (Phi) is 8.06. The van der Waals surface area contributed by atoms with Crippen molar-refractivity contribution in [3.8, 4) is 11.1 Å². The van der Waals surface area contributed by atoms with Gasteiger partial charge in [0.15, 0.2) is 10.6 Å². The third-order valence-corrected chi connectivity index (χ3v) is 9.27. The first-order valence-electron chi connectivity index (χ1n) is 13.1. The highest BCUT2D eigenvalue weighted by molar-refractivity contribution is 8.01. The Balaban J connectivity index is 1.22. The minimum Gasteiger partial charge on any atom is -0.392 e. The number of aliphatic hydroxyl groups excluding tert-OH is 1. The molecule has 1 aromatic heterocycles. The van der Waals surface area contributed by atoms with E-state index in [1.54, 1.807) is 23.1 Å². The van der Waals surface area contributed by atoms with Gasteiger partial charge in [0.25, 0.3) is 0 Å². The fourth-order valence-corrected chi connectivity index (χ4v) is 6.92. The number of para-hydroxylation sites is 1. The van der Waals surface area contributed by atoms with E-state index in [2.05, 4.69) is 48.5 Å². The minimum absolute atomic E-state index is 0.0100. The van der Waals surface area contributed by atoms with Crippen LogP contribution in [0.5, 0.6) is 0 Å². The van der Waals surface area contributed by atoms with Crippen LogP contribution in [0.2, 0.25) is 0 Å². The van der Waals surface area contributed by atoms with Gasteiger partial charge >= 0.3 is 0 Å². The summed E-state index contributed by atoms with van der Waals surface area (Å²) in [5.74, 6) is 0.787. The summed E-state index contributed by atoms with van der Waals surface area (Å²) in [4.78, 5) is 4.78. The maximum absolute atomic E-state index is 9.47. The summed E-state index contributed by atoms with van der Waals surface area (Å²) in [6.07, 6.45) is 0.144. The number of hydrogen-bond acceptors (Lipinski definition) is 7. The number of rotatable bonds is 8. The van der Waals surface area contributed by atoms with Crippen LogP contribution >= 0.6 is 23.1 Å². The average Bonchev–Trinajstić information content (AvgIpc) is 3.43. The van der Waals surface area contributed by atoms with Gasteiger partial charge in [0.2, 0.25) is 0 Å². The molecule has 0 spiro atoms. The van der Waals surface area contributed by atoms with Gasteiger partial charge in [0, 0.05) is 24.3 Å². The molecule has 0 unspecified atom stereocenters. The van der Waals surface area contributed by atoms with E-state index in [0.29, 0.717) is 6.54 Å². The van der Waals surface area contributed by atoms with Crippen LogP contribution in [0.3, 0.4) is 0 Å². The van der Waals surface area contributed by atoms with Crippen LogP contribution in [0.25, 0.3) is 21.3 Å². The Hall–Kier alpha value is -3.04. The fraction of sp³-hybridized carbons (Fsp3) is 0.219. The van der Waals surface area contributed by atoms with Gasteiger partial charge < -0.3 is 20.3 Å². The smallest absolute Gasteiger partial charge is 0.184 e. The van der Waals surface area contributed by atoms with E-state index in [1.165, 1.54) is 4.70 Å². The van der Waals surface area contributed by atoms with E-state index in [9.17, 15) is 5.11 Å². The lowest BCUT2D eigenvalue weighted by molar-refractivity contribution is -0.245.